The van der Waals surface area contributed by atoms with Gasteiger partial charge in [0, 0.05) is 37.8 Å². The minimum atomic E-state index is -0.223. The van der Waals surface area contributed by atoms with Gasteiger partial charge in [0.15, 0.2) is 0 Å². The zero-order valence-corrected chi connectivity index (χ0v) is 19.9. The molecule has 8 heteroatoms. The Labute approximate surface area is 198 Å². The molecule has 2 aliphatic rings. The average molecular weight is 463 g/mol. The molecule has 0 spiro atoms. The Bertz CT molecular complexity index is 1250. The Balaban J connectivity index is 1.39. The Morgan fingerprint density at radius 2 is 1.65 bits per heavy atom. The van der Waals surface area contributed by atoms with Crippen molar-refractivity contribution in [3.8, 4) is 5.75 Å². The van der Waals surface area contributed by atoms with E-state index in [0.717, 1.165) is 24.2 Å². The average Bonchev–Trinajstić information content (AvgIpc) is 3.59. The molecule has 1 N–H and O–H groups in total. The number of aromatic hydroxyl groups is 1. The lowest BCUT2D eigenvalue weighted by atomic mass is 9.89. The van der Waals surface area contributed by atoms with Crippen LogP contribution in [-0.4, -0.2) is 63.0 Å². The first-order chi connectivity index (χ1) is 16.2. The number of benzene rings is 1. The molecule has 1 aliphatic heterocycles. The third kappa shape index (κ3) is 4.36. The molecule has 1 saturated carbocycles. The molecule has 1 aromatic carbocycles. The summed E-state index contributed by atoms with van der Waals surface area (Å²) in [5.74, 6) is 0.0399. The highest BCUT2D eigenvalue weighted by atomic mass is 16.5. The number of para-hydroxylation sites is 1. The maximum Gasteiger partial charge on any atom is 0.259 e. The summed E-state index contributed by atoms with van der Waals surface area (Å²) in [6, 6.07) is 8.46. The van der Waals surface area contributed by atoms with E-state index in [0.29, 0.717) is 55.2 Å². The Morgan fingerprint density at radius 3 is 2.24 bits per heavy atom. The first kappa shape index (κ1) is 22.4. The Morgan fingerprint density at radius 1 is 1.03 bits per heavy atom. The van der Waals surface area contributed by atoms with E-state index in [1.165, 1.54) is 6.07 Å². The molecule has 3 aromatic rings. The van der Waals surface area contributed by atoms with Crippen molar-refractivity contribution in [3.05, 3.63) is 52.8 Å². The number of hydrogen-bond donors (Lipinski definition) is 1. The van der Waals surface area contributed by atoms with Gasteiger partial charge in [-0.1, -0.05) is 38.1 Å². The van der Waals surface area contributed by atoms with Crippen molar-refractivity contribution in [2.24, 2.45) is 5.41 Å². The van der Waals surface area contributed by atoms with Crippen molar-refractivity contribution in [2.75, 3.05) is 26.2 Å². The maximum atomic E-state index is 13.7. The number of fused-ring (bicyclic) bond motifs is 1. The lowest BCUT2D eigenvalue weighted by Gasteiger charge is -2.35. The highest BCUT2D eigenvalue weighted by molar-refractivity contribution is 6.06. The van der Waals surface area contributed by atoms with E-state index in [1.807, 2.05) is 6.07 Å². The number of piperazine rings is 1. The Hall–Kier alpha value is -3.42. The van der Waals surface area contributed by atoms with Crippen LogP contribution in [0.15, 0.2) is 34.9 Å². The van der Waals surface area contributed by atoms with Crippen LogP contribution in [0.25, 0.3) is 11.1 Å². The summed E-state index contributed by atoms with van der Waals surface area (Å²) in [6.45, 7) is 8.02. The summed E-state index contributed by atoms with van der Waals surface area (Å²) in [4.78, 5) is 34.7. The maximum absolute atomic E-state index is 13.7. The summed E-state index contributed by atoms with van der Waals surface area (Å²) in [7, 11) is 0. The third-order valence-electron chi connectivity index (χ3n) is 6.45. The predicted octanol–water partition coefficient (Wildman–Crippen LogP) is 3.99. The fourth-order valence-corrected chi connectivity index (χ4v) is 4.52. The number of nitrogens with zero attached hydrogens (tertiary/aromatic N) is 4. The van der Waals surface area contributed by atoms with E-state index in [9.17, 15) is 14.7 Å². The molecule has 5 rings (SSSR count). The predicted molar refractivity (Wildman–Crippen MR) is 127 cm³/mol. The molecule has 8 nitrogen and oxygen atoms in total. The highest BCUT2D eigenvalue weighted by Crippen LogP contribution is 2.41. The van der Waals surface area contributed by atoms with Gasteiger partial charge in [-0.2, -0.15) is 0 Å². The first-order valence-electron chi connectivity index (χ1n) is 11.9. The lowest BCUT2D eigenvalue weighted by Crippen LogP contribution is -2.50. The topological polar surface area (TPSA) is 99.8 Å². The van der Waals surface area contributed by atoms with Gasteiger partial charge < -0.3 is 19.4 Å². The van der Waals surface area contributed by atoms with E-state index in [4.69, 9.17) is 4.52 Å². The molecule has 2 aromatic heterocycles. The second-order valence-electron chi connectivity index (χ2n) is 10.5. The van der Waals surface area contributed by atoms with Crippen LogP contribution in [0.5, 0.6) is 5.75 Å². The summed E-state index contributed by atoms with van der Waals surface area (Å²) < 4.78 is 5.59. The van der Waals surface area contributed by atoms with Crippen LogP contribution < -0.4 is 0 Å². The standard InChI is InChI=1S/C26H30N4O4/c1-26(2,3)15-20-22-18(14-19(16-8-9-16)27-23(22)34-28-20)25(33)30-12-10-29(11-13-30)24(32)17-6-4-5-7-21(17)31/h4-7,14,16,31H,8-13,15H2,1-3H3. The van der Waals surface area contributed by atoms with Crippen LogP contribution in [0.4, 0.5) is 0 Å². The van der Waals surface area contributed by atoms with Crippen molar-refractivity contribution in [3.63, 3.8) is 0 Å². The molecule has 2 fully saturated rings. The number of rotatable bonds is 4. The highest BCUT2D eigenvalue weighted by Gasteiger charge is 2.33. The number of carbonyl (C=O) groups is 2. The van der Waals surface area contributed by atoms with Crippen molar-refractivity contribution >= 4 is 22.9 Å². The molecule has 3 heterocycles. The summed E-state index contributed by atoms with van der Waals surface area (Å²) in [5, 5.41) is 15.0. The molecule has 34 heavy (non-hydrogen) atoms. The van der Waals surface area contributed by atoms with Crippen molar-refractivity contribution < 1.29 is 19.2 Å². The minimum Gasteiger partial charge on any atom is -0.507 e. The molecule has 0 unspecified atom stereocenters. The van der Waals surface area contributed by atoms with E-state index in [1.54, 1.807) is 28.0 Å². The minimum absolute atomic E-state index is 0.0196. The SMILES string of the molecule is CC(C)(C)Cc1noc2nc(C3CC3)cc(C(=O)N3CCN(C(=O)c4ccccc4O)CC3)c12. The number of phenols is 1. The summed E-state index contributed by atoms with van der Waals surface area (Å²) in [5.41, 5.74) is 2.93. The first-order valence-corrected chi connectivity index (χ1v) is 11.9. The number of carbonyl (C=O) groups excluding carboxylic acids is 2. The summed E-state index contributed by atoms with van der Waals surface area (Å²) in [6.07, 6.45) is 2.82. The van der Waals surface area contributed by atoms with Crippen molar-refractivity contribution in [1.29, 1.82) is 0 Å². The molecular formula is C26H30N4O4. The molecule has 178 valence electrons. The van der Waals surface area contributed by atoms with Crippen molar-refractivity contribution in [2.45, 2.75) is 46.0 Å². The zero-order valence-electron chi connectivity index (χ0n) is 19.9. The second kappa shape index (κ2) is 8.42. The van der Waals surface area contributed by atoms with Gasteiger partial charge in [-0.15, -0.1) is 0 Å². The molecule has 0 atom stereocenters. The lowest BCUT2D eigenvalue weighted by molar-refractivity contribution is 0.0534. The molecular weight excluding hydrogens is 432 g/mol. The number of pyridine rings is 1. The molecule has 2 amide bonds. The van der Waals surface area contributed by atoms with Crippen LogP contribution in [0.1, 0.15) is 71.6 Å². The van der Waals surface area contributed by atoms with Gasteiger partial charge in [-0.25, -0.2) is 4.98 Å². The molecule has 1 saturated heterocycles. The fraction of sp³-hybridized carbons (Fsp3) is 0.462. The third-order valence-corrected chi connectivity index (χ3v) is 6.45. The normalized spacial score (nSPS) is 16.8. The van der Waals surface area contributed by atoms with Gasteiger partial charge in [0.05, 0.1) is 22.2 Å². The van der Waals surface area contributed by atoms with E-state index < -0.39 is 0 Å². The summed E-state index contributed by atoms with van der Waals surface area (Å²) >= 11 is 0. The van der Waals surface area contributed by atoms with Gasteiger partial charge in [0.25, 0.3) is 17.5 Å². The van der Waals surface area contributed by atoms with Crippen LogP contribution in [0.2, 0.25) is 0 Å². The van der Waals surface area contributed by atoms with E-state index >= 15 is 0 Å². The number of phenolic OH excluding ortho intramolecular Hbond substituents is 1. The molecule has 0 bridgehead atoms. The van der Waals surface area contributed by atoms with Gasteiger partial charge in [0.2, 0.25) is 0 Å². The number of aromatic nitrogens is 2. The molecule has 1 aliphatic carbocycles. The monoisotopic (exact) mass is 462 g/mol. The quantitative estimate of drug-likeness (QED) is 0.629. The van der Waals surface area contributed by atoms with Gasteiger partial charge >= 0.3 is 0 Å². The van der Waals surface area contributed by atoms with Gasteiger partial charge in [-0.05, 0) is 42.9 Å². The van der Waals surface area contributed by atoms with Gasteiger partial charge in [0.1, 0.15) is 5.75 Å². The Kier molecular flexibility index (Phi) is 5.54. The van der Waals surface area contributed by atoms with Crippen LogP contribution in [0.3, 0.4) is 0 Å². The van der Waals surface area contributed by atoms with Crippen LogP contribution >= 0.6 is 0 Å². The van der Waals surface area contributed by atoms with E-state index in [-0.39, 0.29) is 28.5 Å². The van der Waals surface area contributed by atoms with Crippen molar-refractivity contribution in [1.82, 2.24) is 19.9 Å². The van der Waals surface area contributed by atoms with Crippen LogP contribution in [-0.2, 0) is 6.42 Å². The second-order valence-corrected chi connectivity index (χ2v) is 10.5. The van der Waals surface area contributed by atoms with E-state index in [2.05, 4.69) is 30.9 Å². The number of hydrogen-bond acceptors (Lipinski definition) is 6. The number of amides is 2. The van der Waals surface area contributed by atoms with Gasteiger partial charge in [-0.3, -0.25) is 9.59 Å². The smallest absolute Gasteiger partial charge is 0.259 e. The molecule has 0 radical (unpaired) electrons. The van der Waals surface area contributed by atoms with Crippen LogP contribution in [0, 0.1) is 5.41 Å². The fourth-order valence-electron chi connectivity index (χ4n) is 4.52. The largest absolute Gasteiger partial charge is 0.507 e. The zero-order chi connectivity index (χ0) is 24.0.